The number of rotatable bonds is 2. The molecule has 0 saturated carbocycles. The van der Waals surface area contributed by atoms with E-state index in [9.17, 15) is 0 Å². The van der Waals surface area contributed by atoms with Crippen molar-refractivity contribution in [1.29, 1.82) is 5.26 Å². The third-order valence-corrected chi connectivity index (χ3v) is 3.06. The molecule has 84 valence electrons. The molecule has 0 aliphatic carbocycles. The molecule has 0 radical (unpaired) electrons. The van der Waals surface area contributed by atoms with Crippen LogP contribution in [-0.2, 0) is 5.54 Å². The first-order valence-electron chi connectivity index (χ1n) is 5.63. The largest absolute Gasteiger partial charge is 0.284 e. The lowest BCUT2D eigenvalue weighted by Crippen LogP contribution is -2.54. The molecule has 17 heavy (non-hydrogen) atoms. The number of nitrogens with zero attached hydrogens (tertiary/aromatic N) is 2. The normalized spacial score (nSPS) is 10.9. The van der Waals surface area contributed by atoms with E-state index >= 15 is 0 Å². The van der Waals surface area contributed by atoms with Crippen molar-refractivity contribution < 1.29 is 4.57 Å². The minimum absolute atomic E-state index is 0.229. The molecule has 0 aliphatic rings. The summed E-state index contributed by atoms with van der Waals surface area (Å²) in [7, 11) is 0. The summed E-state index contributed by atoms with van der Waals surface area (Å²) in [4.78, 5) is 0. The monoisotopic (exact) mass is 223 g/mol. The highest BCUT2D eigenvalue weighted by Gasteiger charge is 2.32. The second-order valence-electron chi connectivity index (χ2n) is 4.49. The van der Waals surface area contributed by atoms with Gasteiger partial charge < -0.3 is 0 Å². The Morgan fingerprint density at radius 3 is 2.29 bits per heavy atom. The third-order valence-electron chi connectivity index (χ3n) is 3.06. The molecule has 0 fully saturated rings. The van der Waals surface area contributed by atoms with E-state index in [-0.39, 0.29) is 5.54 Å². The van der Waals surface area contributed by atoms with Crippen LogP contribution in [-0.4, -0.2) is 0 Å². The summed E-state index contributed by atoms with van der Waals surface area (Å²) in [5.74, 6) is 0. The Labute approximate surface area is 102 Å². The van der Waals surface area contributed by atoms with E-state index in [1.807, 2.05) is 47.2 Å². The van der Waals surface area contributed by atoms with Crippen molar-refractivity contribution in [2.75, 3.05) is 0 Å². The lowest BCUT2D eigenvalue weighted by Gasteiger charge is -2.20. The third kappa shape index (κ3) is 2.05. The predicted octanol–water partition coefficient (Wildman–Crippen LogP) is 2.63. The average molecular weight is 223 g/mol. The summed E-state index contributed by atoms with van der Waals surface area (Å²) in [5.41, 5.74) is 1.63. The molecular weight excluding hydrogens is 208 g/mol. The average Bonchev–Trinajstić information content (AvgIpc) is 2.39. The standard InChI is InChI=1S/C15H15N2/c1-15(2,13-8-4-3-5-9-13)17-11-7-6-10-14(17)12-16/h3-11H,1-2H3/q+1. The van der Waals surface area contributed by atoms with Gasteiger partial charge in [0.15, 0.2) is 17.8 Å². The van der Waals surface area contributed by atoms with Gasteiger partial charge in [-0.2, -0.15) is 9.83 Å². The molecule has 0 unspecified atom stereocenters. The maximum atomic E-state index is 9.16. The van der Waals surface area contributed by atoms with Crippen LogP contribution in [0.15, 0.2) is 54.7 Å². The van der Waals surface area contributed by atoms with E-state index < -0.39 is 0 Å². The van der Waals surface area contributed by atoms with Crippen molar-refractivity contribution in [2.24, 2.45) is 0 Å². The Hall–Kier alpha value is -2.14. The molecule has 0 bridgehead atoms. The van der Waals surface area contributed by atoms with Gasteiger partial charge in [-0.25, -0.2) is 0 Å². The molecule has 0 N–H and O–H groups in total. The summed E-state index contributed by atoms with van der Waals surface area (Å²) in [6, 6.07) is 18.1. The fourth-order valence-electron chi connectivity index (χ4n) is 2.01. The van der Waals surface area contributed by atoms with Gasteiger partial charge in [0.05, 0.1) is 0 Å². The van der Waals surface area contributed by atoms with Gasteiger partial charge in [-0.1, -0.05) is 30.3 Å². The van der Waals surface area contributed by atoms with E-state index in [0.29, 0.717) is 5.69 Å². The molecule has 1 aromatic carbocycles. The molecular formula is C15H15N2+. The maximum absolute atomic E-state index is 9.16. The fraction of sp³-hybridized carbons (Fsp3) is 0.200. The van der Waals surface area contributed by atoms with Gasteiger partial charge in [0.1, 0.15) is 0 Å². The highest BCUT2D eigenvalue weighted by molar-refractivity contribution is 5.22. The van der Waals surface area contributed by atoms with Crippen molar-refractivity contribution in [2.45, 2.75) is 19.4 Å². The molecule has 0 atom stereocenters. The van der Waals surface area contributed by atoms with Crippen LogP contribution in [0.3, 0.4) is 0 Å². The van der Waals surface area contributed by atoms with E-state index in [2.05, 4.69) is 32.0 Å². The molecule has 2 aromatic rings. The van der Waals surface area contributed by atoms with Crippen molar-refractivity contribution in [1.82, 2.24) is 0 Å². The second kappa shape index (κ2) is 4.39. The highest BCUT2D eigenvalue weighted by Crippen LogP contribution is 2.19. The Morgan fingerprint density at radius 2 is 1.65 bits per heavy atom. The van der Waals surface area contributed by atoms with Crippen LogP contribution in [0.2, 0.25) is 0 Å². The zero-order valence-corrected chi connectivity index (χ0v) is 10.1. The fourth-order valence-corrected chi connectivity index (χ4v) is 2.01. The molecule has 2 nitrogen and oxygen atoms in total. The van der Waals surface area contributed by atoms with Gasteiger partial charge in [0, 0.05) is 31.5 Å². The number of pyridine rings is 1. The summed E-state index contributed by atoms with van der Waals surface area (Å²) in [6.45, 7) is 4.23. The quantitative estimate of drug-likeness (QED) is 0.719. The number of nitriles is 1. The number of hydrogen-bond donors (Lipinski definition) is 0. The molecule has 2 heteroatoms. The molecule has 0 aliphatic heterocycles. The first-order chi connectivity index (χ1) is 8.16. The van der Waals surface area contributed by atoms with Gasteiger partial charge in [0.2, 0.25) is 0 Å². The highest BCUT2D eigenvalue weighted by atomic mass is 15.0. The zero-order valence-electron chi connectivity index (χ0n) is 10.1. The second-order valence-corrected chi connectivity index (χ2v) is 4.49. The van der Waals surface area contributed by atoms with E-state index in [1.54, 1.807) is 0 Å². The SMILES string of the molecule is CC(C)(c1ccccc1)[n+]1ccccc1C#N. The summed E-state index contributed by atoms with van der Waals surface area (Å²) >= 11 is 0. The molecule has 0 spiro atoms. The number of benzene rings is 1. The van der Waals surface area contributed by atoms with Gasteiger partial charge in [-0.15, -0.1) is 0 Å². The Kier molecular flexibility index (Phi) is 2.93. The van der Waals surface area contributed by atoms with Crippen LogP contribution in [0.5, 0.6) is 0 Å². The first-order valence-corrected chi connectivity index (χ1v) is 5.63. The Balaban J connectivity index is 2.56. The predicted molar refractivity (Wildman–Crippen MR) is 66.2 cm³/mol. The topological polar surface area (TPSA) is 27.7 Å². The molecule has 0 saturated heterocycles. The minimum atomic E-state index is -0.229. The summed E-state index contributed by atoms with van der Waals surface area (Å²) < 4.78 is 2.00. The van der Waals surface area contributed by atoms with Crippen LogP contribution >= 0.6 is 0 Å². The first kappa shape index (κ1) is 11.3. The summed E-state index contributed by atoms with van der Waals surface area (Å²) in [6.07, 6.45) is 1.95. The Bertz CT molecular complexity index is 551. The number of aromatic nitrogens is 1. The lowest BCUT2D eigenvalue weighted by molar-refractivity contribution is -0.749. The molecule has 0 amide bonds. The van der Waals surface area contributed by atoms with Crippen molar-refractivity contribution >= 4 is 0 Å². The van der Waals surface area contributed by atoms with Gasteiger partial charge in [-0.05, 0) is 6.07 Å². The van der Waals surface area contributed by atoms with Gasteiger partial charge in [0.25, 0.3) is 5.69 Å². The van der Waals surface area contributed by atoms with E-state index in [1.165, 1.54) is 5.56 Å². The Morgan fingerprint density at radius 1 is 1.00 bits per heavy atom. The van der Waals surface area contributed by atoms with Crippen LogP contribution < -0.4 is 4.57 Å². The van der Waals surface area contributed by atoms with Crippen molar-refractivity contribution in [3.63, 3.8) is 0 Å². The zero-order chi connectivity index (χ0) is 12.3. The minimum Gasteiger partial charge on any atom is -0.186 e. The van der Waals surface area contributed by atoms with Gasteiger partial charge >= 0.3 is 0 Å². The molecule has 2 rings (SSSR count). The summed E-state index contributed by atoms with van der Waals surface area (Å²) in [5, 5.41) is 9.16. The van der Waals surface area contributed by atoms with Crippen LogP contribution in [0.1, 0.15) is 25.1 Å². The van der Waals surface area contributed by atoms with E-state index in [4.69, 9.17) is 5.26 Å². The maximum Gasteiger partial charge on any atom is 0.284 e. The van der Waals surface area contributed by atoms with Crippen molar-refractivity contribution in [3.05, 3.63) is 66.0 Å². The molecule has 1 heterocycles. The van der Waals surface area contributed by atoms with E-state index in [0.717, 1.165) is 0 Å². The smallest absolute Gasteiger partial charge is 0.186 e. The van der Waals surface area contributed by atoms with Crippen LogP contribution in [0, 0.1) is 11.3 Å². The van der Waals surface area contributed by atoms with Crippen molar-refractivity contribution in [3.8, 4) is 6.07 Å². The lowest BCUT2D eigenvalue weighted by atomic mass is 9.93. The number of hydrogen-bond acceptors (Lipinski definition) is 1. The molecule has 1 aromatic heterocycles. The van der Waals surface area contributed by atoms with Crippen LogP contribution in [0.4, 0.5) is 0 Å². The van der Waals surface area contributed by atoms with Gasteiger partial charge in [-0.3, -0.25) is 0 Å². The van der Waals surface area contributed by atoms with Crippen LogP contribution in [0.25, 0.3) is 0 Å².